The molecule has 0 fully saturated rings. The fraction of sp³-hybridized carbons (Fsp3) is 0.280. The number of nitrogen functional groups attached to an aromatic ring is 1. The Labute approximate surface area is 222 Å². The van der Waals surface area contributed by atoms with Crippen LogP contribution < -0.4 is 22.5 Å². The molecule has 0 aliphatic rings. The first-order valence-corrected chi connectivity index (χ1v) is 11.5. The summed E-state index contributed by atoms with van der Waals surface area (Å²) in [6, 6.07) is 14.8. The van der Waals surface area contributed by atoms with Crippen LogP contribution in [0.15, 0.2) is 53.5 Å². The molecule has 4 rings (SSSR count). The van der Waals surface area contributed by atoms with Gasteiger partial charge in [-0.15, -0.1) is 24.8 Å². The molecule has 0 atom stereocenters. The number of carbonyl (C=O) groups excluding carboxylic acids is 1. The van der Waals surface area contributed by atoms with Crippen molar-refractivity contribution in [3.05, 3.63) is 59.9 Å². The topological polar surface area (TPSA) is 150 Å². The normalized spacial score (nSPS) is 10.5. The highest BCUT2D eigenvalue weighted by Crippen LogP contribution is 2.29. The number of halogens is 2. The highest BCUT2D eigenvalue weighted by Gasteiger charge is 2.16. The van der Waals surface area contributed by atoms with Crippen LogP contribution in [0.25, 0.3) is 21.9 Å². The molecule has 0 radical (unpaired) electrons. The van der Waals surface area contributed by atoms with Gasteiger partial charge in [0, 0.05) is 30.5 Å². The second-order valence-electron chi connectivity index (χ2n) is 8.19. The zero-order valence-corrected chi connectivity index (χ0v) is 21.7. The van der Waals surface area contributed by atoms with Gasteiger partial charge in [-0.05, 0) is 49.6 Å². The molecule has 4 aromatic rings. The molecule has 0 spiro atoms. The van der Waals surface area contributed by atoms with Crippen molar-refractivity contribution < 1.29 is 4.79 Å². The Morgan fingerprint density at radius 1 is 1.03 bits per heavy atom. The van der Waals surface area contributed by atoms with Gasteiger partial charge in [0.05, 0.1) is 16.7 Å². The lowest BCUT2D eigenvalue weighted by atomic mass is 10.1. The number of nitrogens with zero attached hydrogens (tertiary/aromatic N) is 4. The standard InChI is InChI=1S/C25H30N8O.2ClH/c1-2-7-20-32-21-22(18-8-3-4-9-19(18)31-23(21)26)33(20)15-6-5-14-29-24(34)16-10-12-17(13-11-16)30-25(27)28;;/h3-4,8-13H,2,5-7,14-15H2,1H3,(H2,26,31)(H,29,34)(H4,27,28,30);2*1H. The number of anilines is 1. The highest BCUT2D eigenvalue weighted by atomic mass is 35.5. The molecule has 1 amide bonds. The number of amides is 1. The third-order valence-corrected chi connectivity index (χ3v) is 5.64. The number of nitrogens with one attached hydrogen (secondary N) is 1. The maximum atomic E-state index is 12.4. The molecule has 0 aliphatic carbocycles. The van der Waals surface area contributed by atoms with Crippen LogP contribution >= 0.6 is 24.8 Å². The SMILES string of the molecule is CCCc1nc2c(N)nc3ccccc3c2n1CCCCNC(=O)c1ccc(N=C(N)N)cc1.Cl.Cl. The van der Waals surface area contributed by atoms with Crippen LogP contribution in [0.1, 0.15) is 42.4 Å². The van der Waals surface area contributed by atoms with E-state index in [9.17, 15) is 4.79 Å². The van der Waals surface area contributed by atoms with E-state index in [1.807, 2.05) is 18.2 Å². The van der Waals surface area contributed by atoms with Crippen LogP contribution in [-0.2, 0) is 13.0 Å². The first kappa shape index (κ1) is 28.7. The summed E-state index contributed by atoms with van der Waals surface area (Å²) in [7, 11) is 0. The van der Waals surface area contributed by atoms with E-state index in [2.05, 4.69) is 32.9 Å². The van der Waals surface area contributed by atoms with Crippen molar-refractivity contribution in [3.63, 3.8) is 0 Å². The molecule has 2 heterocycles. The lowest BCUT2D eigenvalue weighted by molar-refractivity contribution is 0.0953. The summed E-state index contributed by atoms with van der Waals surface area (Å²) >= 11 is 0. The summed E-state index contributed by atoms with van der Waals surface area (Å²) < 4.78 is 2.27. The average molecular weight is 531 g/mol. The lowest BCUT2D eigenvalue weighted by Crippen LogP contribution is -2.24. The molecule has 192 valence electrons. The van der Waals surface area contributed by atoms with Gasteiger partial charge >= 0.3 is 0 Å². The van der Waals surface area contributed by atoms with Crippen molar-refractivity contribution in [1.29, 1.82) is 0 Å². The zero-order valence-electron chi connectivity index (χ0n) is 20.1. The van der Waals surface area contributed by atoms with Gasteiger partial charge in [-0.1, -0.05) is 25.1 Å². The van der Waals surface area contributed by atoms with Crippen molar-refractivity contribution in [1.82, 2.24) is 19.9 Å². The Kier molecular flexibility index (Phi) is 10.3. The van der Waals surface area contributed by atoms with Crippen molar-refractivity contribution in [2.45, 2.75) is 39.2 Å². The minimum atomic E-state index is -0.124. The minimum Gasteiger partial charge on any atom is -0.382 e. The molecular formula is C25H32Cl2N8O. The molecule has 11 heteroatoms. The van der Waals surface area contributed by atoms with Crippen LogP contribution in [0.5, 0.6) is 0 Å². The summed E-state index contributed by atoms with van der Waals surface area (Å²) in [5, 5.41) is 4.03. The van der Waals surface area contributed by atoms with Gasteiger partial charge < -0.3 is 27.1 Å². The fourth-order valence-electron chi connectivity index (χ4n) is 4.10. The van der Waals surface area contributed by atoms with Gasteiger partial charge in [0.2, 0.25) is 0 Å². The Hall–Kier alpha value is -3.56. The average Bonchev–Trinajstić information content (AvgIpc) is 3.18. The summed E-state index contributed by atoms with van der Waals surface area (Å²) in [6.07, 6.45) is 3.59. The van der Waals surface area contributed by atoms with Gasteiger partial charge in [-0.2, -0.15) is 0 Å². The van der Waals surface area contributed by atoms with Crippen LogP contribution in [-0.4, -0.2) is 32.9 Å². The molecule has 2 aromatic heterocycles. The number of aliphatic imine (C=N–C) groups is 1. The van der Waals surface area contributed by atoms with E-state index in [1.165, 1.54) is 0 Å². The number of benzene rings is 2. The zero-order chi connectivity index (χ0) is 24.1. The van der Waals surface area contributed by atoms with E-state index < -0.39 is 0 Å². The Morgan fingerprint density at radius 3 is 2.44 bits per heavy atom. The first-order valence-electron chi connectivity index (χ1n) is 11.5. The molecule has 9 nitrogen and oxygen atoms in total. The van der Waals surface area contributed by atoms with Gasteiger partial charge in [-0.3, -0.25) is 4.79 Å². The Bertz CT molecular complexity index is 1350. The number of hydrogen-bond donors (Lipinski definition) is 4. The number of unbranched alkanes of at least 4 members (excludes halogenated alkanes) is 1. The molecule has 36 heavy (non-hydrogen) atoms. The number of hydrogen-bond acceptors (Lipinski definition) is 5. The predicted molar refractivity (Wildman–Crippen MR) is 151 cm³/mol. The smallest absolute Gasteiger partial charge is 0.251 e. The predicted octanol–water partition coefficient (Wildman–Crippen LogP) is 4.08. The Morgan fingerprint density at radius 2 is 1.75 bits per heavy atom. The number of nitrogens with two attached hydrogens (primary N) is 3. The largest absolute Gasteiger partial charge is 0.382 e. The van der Waals surface area contributed by atoms with E-state index in [0.717, 1.165) is 60.0 Å². The third kappa shape index (κ3) is 6.35. The fourth-order valence-corrected chi connectivity index (χ4v) is 4.10. The van der Waals surface area contributed by atoms with Crippen molar-refractivity contribution in [2.24, 2.45) is 16.5 Å². The van der Waals surface area contributed by atoms with Crippen molar-refractivity contribution in [2.75, 3.05) is 12.3 Å². The highest BCUT2D eigenvalue weighted by molar-refractivity contribution is 6.06. The van der Waals surface area contributed by atoms with Crippen LogP contribution in [0.3, 0.4) is 0 Å². The van der Waals surface area contributed by atoms with E-state index in [1.54, 1.807) is 24.3 Å². The number of fused-ring (bicyclic) bond motifs is 3. The number of para-hydroxylation sites is 1. The number of imidazole rings is 1. The molecule has 0 unspecified atom stereocenters. The maximum Gasteiger partial charge on any atom is 0.251 e. The quantitative estimate of drug-likeness (QED) is 0.145. The molecule has 0 saturated carbocycles. The molecule has 0 bridgehead atoms. The van der Waals surface area contributed by atoms with Gasteiger partial charge in [0.15, 0.2) is 11.8 Å². The van der Waals surface area contributed by atoms with Crippen molar-refractivity contribution >= 4 is 70.1 Å². The molecule has 0 saturated heterocycles. The third-order valence-electron chi connectivity index (χ3n) is 5.64. The molecular weight excluding hydrogens is 499 g/mol. The number of rotatable bonds is 9. The van der Waals surface area contributed by atoms with E-state index in [4.69, 9.17) is 22.2 Å². The summed E-state index contributed by atoms with van der Waals surface area (Å²) in [6.45, 7) is 3.51. The minimum absolute atomic E-state index is 0. The summed E-state index contributed by atoms with van der Waals surface area (Å²) in [4.78, 5) is 25.7. The molecule has 7 N–H and O–H groups in total. The molecule has 0 aliphatic heterocycles. The molecule has 2 aromatic carbocycles. The summed E-state index contributed by atoms with van der Waals surface area (Å²) in [5.41, 5.74) is 20.8. The van der Waals surface area contributed by atoms with Crippen LogP contribution in [0.4, 0.5) is 11.5 Å². The number of aromatic nitrogens is 3. The van der Waals surface area contributed by atoms with Crippen LogP contribution in [0, 0.1) is 0 Å². The second-order valence-corrected chi connectivity index (χ2v) is 8.19. The van der Waals surface area contributed by atoms with Crippen LogP contribution in [0.2, 0.25) is 0 Å². The van der Waals surface area contributed by atoms with Gasteiger partial charge in [0.1, 0.15) is 11.3 Å². The lowest BCUT2D eigenvalue weighted by Gasteiger charge is -2.11. The second kappa shape index (κ2) is 12.9. The number of guanidine groups is 1. The van der Waals surface area contributed by atoms with E-state index >= 15 is 0 Å². The van der Waals surface area contributed by atoms with Crippen molar-refractivity contribution in [3.8, 4) is 0 Å². The number of pyridine rings is 1. The van der Waals surface area contributed by atoms with Gasteiger partial charge in [-0.25, -0.2) is 15.0 Å². The summed E-state index contributed by atoms with van der Waals surface area (Å²) in [5.74, 6) is 1.34. The maximum absolute atomic E-state index is 12.4. The first-order chi connectivity index (χ1) is 16.5. The van der Waals surface area contributed by atoms with E-state index in [-0.39, 0.29) is 36.7 Å². The Balaban J connectivity index is 0.00000228. The number of carbonyl (C=O) groups is 1. The van der Waals surface area contributed by atoms with Gasteiger partial charge in [0.25, 0.3) is 5.91 Å². The monoisotopic (exact) mass is 530 g/mol. The van der Waals surface area contributed by atoms with E-state index in [0.29, 0.717) is 23.6 Å². The number of aryl methyl sites for hydroxylation is 2.